The molecule has 0 aromatic heterocycles. The Kier molecular flexibility index (Phi) is 85.6. The Morgan fingerprint density at radius 3 is 1.20 bits per heavy atom. The van der Waals surface area contributed by atoms with E-state index >= 15 is 0 Å². The molecule has 0 saturated carbocycles. The number of rotatable bonds is 0. The van der Waals surface area contributed by atoms with E-state index in [4.69, 9.17) is 0 Å². The molecule has 0 aromatic carbocycles. The fourth-order valence-corrected chi connectivity index (χ4v) is 0. The van der Waals surface area contributed by atoms with Gasteiger partial charge in [-0.25, -0.2) is 0 Å². The maximum atomic E-state index is 4.25. The summed E-state index contributed by atoms with van der Waals surface area (Å²) in [5, 5.41) is 0. The van der Waals surface area contributed by atoms with E-state index in [1.54, 1.807) is 0 Å². The molecule has 0 amide bonds. The van der Waals surface area contributed by atoms with Gasteiger partial charge in [-0.3, -0.25) is 0 Å². The van der Waals surface area contributed by atoms with E-state index < -0.39 is 0 Å². The van der Waals surface area contributed by atoms with Crippen LogP contribution >= 0.6 is 17.6 Å². The summed E-state index contributed by atoms with van der Waals surface area (Å²) in [7, 11) is 8.51. The topological polar surface area (TPSA) is 0 Å². The molecule has 0 aliphatic heterocycles. The first kappa shape index (κ1) is 15.7. The van der Waals surface area contributed by atoms with E-state index in [1.165, 1.54) is 0 Å². The summed E-state index contributed by atoms with van der Waals surface area (Å²) in [5.41, 5.74) is 0. The van der Waals surface area contributed by atoms with E-state index in [0.717, 1.165) is 46.0 Å². The van der Waals surface area contributed by atoms with Crippen molar-refractivity contribution in [2.24, 2.45) is 0 Å². The SMILES string of the molecule is [Cd].[S]=[Cd].[S]=[InH]. The maximum absolute atomic E-state index is 4.25. The van der Waals surface area contributed by atoms with E-state index in [-0.39, 0.29) is 27.3 Å². The van der Waals surface area contributed by atoms with Crippen molar-refractivity contribution < 1.29 is 51.0 Å². The first-order valence-corrected chi connectivity index (χ1v) is 11.6. The Labute approximate surface area is 88.7 Å². The van der Waals surface area contributed by atoms with Gasteiger partial charge in [0, 0.05) is 27.3 Å². The van der Waals surface area contributed by atoms with Gasteiger partial charge in [0.15, 0.2) is 0 Å². The molecule has 5 heteroatoms. The molecule has 0 aliphatic rings. The Balaban J connectivity index is -0.0000000133. The summed E-state index contributed by atoms with van der Waals surface area (Å²) in [6.45, 7) is 0. The Morgan fingerprint density at radius 2 is 1.20 bits per heavy atom. The van der Waals surface area contributed by atoms with Crippen molar-refractivity contribution in [3.05, 3.63) is 0 Å². The zero-order valence-corrected chi connectivity index (χ0v) is 16.7. The fourth-order valence-electron chi connectivity index (χ4n) is 0. The van der Waals surface area contributed by atoms with Crippen LogP contribution in [0.15, 0.2) is 0 Å². The van der Waals surface area contributed by atoms with Crippen LogP contribution < -0.4 is 0 Å². The third-order valence-electron chi connectivity index (χ3n) is 0. The molecule has 0 aliphatic carbocycles. The summed E-state index contributed by atoms with van der Waals surface area (Å²) in [6, 6.07) is 0. The zero-order valence-electron chi connectivity index (χ0n) is 2.94. The molecule has 0 radical (unpaired) electrons. The van der Waals surface area contributed by atoms with Crippen molar-refractivity contribution in [2.75, 3.05) is 0 Å². The van der Waals surface area contributed by atoms with Crippen LogP contribution in [0.4, 0.5) is 0 Å². The standard InChI is InChI=1S/2Cd.In.2S.H. The Hall–Kier alpha value is 3.15. The number of hydrogen-bond donors (Lipinski definition) is 0. The number of hydrogen-bond acceptors (Lipinski definition) is 2. The molecular formula is HCd2InS2. The van der Waals surface area contributed by atoms with Crippen LogP contribution in [-0.2, 0) is 51.0 Å². The van der Waals surface area contributed by atoms with Gasteiger partial charge in [0.2, 0.25) is 0 Å². The van der Waals surface area contributed by atoms with E-state index in [9.17, 15) is 0 Å². The van der Waals surface area contributed by atoms with Crippen LogP contribution in [0.3, 0.4) is 0 Å². The van der Waals surface area contributed by atoms with E-state index in [0.29, 0.717) is 0 Å². The second kappa shape index (κ2) is 27.2. The van der Waals surface area contributed by atoms with Crippen molar-refractivity contribution in [1.29, 1.82) is 0 Å². The van der Waals surface area contributed by atoms with Gasteiger partial charge in [-0.15, -0.1) is 0 Å². The van der Waals surface area contributed by atoms with Crippen LogP contribution in [0.25, 0.3) is 0 Å². The molecule has 0 bridgehead atoms. The molecule has 0 spiro atoms. The van der Waals surface area contributed by atoms with Gasteiger partial charge < -0.3 is 0 Å². The van der Waals surface area contributed by atoms with E-state index in [1.807, 2.05) is 0 Å². The van der Waals surface area contributed by atoms with Crippen molar-refractivity contribution in [2.45, 2.75) is 0 Å². The quantitative estimate of drug-likeness (QED) is 0.544. The fraction of sp³-hybridized carbons (Fsp3) is 0. The average Bonchev–Trinajstić information content (AvgIpc) is 1.50. The minimum absolute atomic E-state index is 0. The van der Waals surface area contributed by atoms with Crippen LogP contribution in [0.5, 0.6) is 0 Å². The molecule has 0 heterocycles. The second-order valence-corrected chi connectivity index (χ2v) is 0. The molecular weight excluding hydrogens is 404 g/mol. The van der Waals surface area contributed by atoms with Crippen molar-refractivity contribution in [3.63, 3.8) is 0 Å². The van der Waals surface area contributed by atoms with Gasteiger partial charge in [0.1, 0.15) is 0 Å². The van der Waals surface area contributed by atoms with Gasteiger partial charge >= 0.3 is 63.6 Å². The molecule has 0 aromatic rings. The summed E-state index contributed by atoms with van der Waals surface area (Å²) < 4.78 is 0. The van der Waals surface area contributed by atoms with Gasteiger partial charge in [0.25, 0.3) is 0 Å². The second-order valence-electron chi connectivity index (χ2n) is 0. The Morgan fingerprint density at radius 1 is 1.20 bits per heavy atom. The summed E-state index contributed by atoms with van der Waals surface area (Å²) in [4.78, 5) is 0. The van der Waals surface area contributed by atoms with Gasteiger partial charge in [-0.05, 0) is 0 Å². The Bertz CT molecular complexity index is 9.61. The average molecular weight is 405 g/mol. The van der Waals surface area contributed by atoms with Crippen molar-refractivity contribution >= 4 is 39.9 Å². The predicted octanol–water partition coefficient (Wildman–Crippen LogP) is 0.643. The third-order valence-corrected chi connectivity index (χ3v) is 0. The van der Waals surface area contributed by atoms with Gasteiger partial charge in [-0.1, -0.05) is 0 Å². The summed E-state index contributed by atoms with van der Waals surface area (Å²) in [5.74, 6) is 0. The summed E-state index contributed by atoms with van der Waals surface area (Å²) in [6.07, 6.45) is 0. The molecule has 0 rings (SSSR count). The minimum atomic E-state index is 0. The third kappa shape index (κ3) is 19.1. The summed E-state index contributed by atoms with van der Waals surface area (Å²) >= 11 is 1.47. The first-order valence-electron chi connectivity index (χ1n) is 0.577. The van der Waals surface area contributed by atoms with Gasteiger partial charge in [0.05, 0.1) is 0 Å². The molecule has 0 fully saturated rings. The molecule has 20 valence electrons. The molecule has 0 nitrogen and oxygen atoms in total. The van der Waals surface area contributed by atoms with Crippen LogP contribution in [-0.4, -0.2) is 22.4 Å². The zero-order chi connectivity index (χ0) is 4.00. The van der Waals surface area contributed by atoms with E-state index in [2.05, 4.69) is 17.6 Å². The van der Waals surface area contributed by atoms with Crippen molar-refractivity contribution in [1.82, 2.24) is 0 Å². The van der Waals surface area contributed by atoms with Crippen LogP contribution in [0.2, 0.25) is 0 Å². The predicted molar refractivity (Wildman–Crippen MR) is 22.3 cm³/mol. The normalized spacial score (nSPS) is 1.80. The van der Waals surface area contributed by atoms with Crippen LogP contribution in [0.1, 0.15) is 0 Å². The molecule has 0 unspecified atom stereocenters. The van der Waals surface area contributed by atoms with Crippen molar-refractivity contribution in [3.8, 4) is 0 Å². The monoisotopic (exact) mass is 408 g/mol. The van der Waals surface area contributed by atoms with Crippen LogP contribution in [0, 0.1) is 0 Å². The molecule has 0 saturated heterocycles. The molecule has 0 atom stereocenters. The molecule has 5 heavy (non-hydrogen) atoms. The first-order chi connectivity index (χ1) is 2.00. The molecule has 0 N–H and O–H groups in total. The van der Waals surface area contributed by atoms with Gasteiger partial charge in [-0.2, -0.15) is 0 Å².